The van der Waals surface area contributed by atoms with E-state index in [-0.39, 0.29) is 5.91 Å². The predicted octanol–water partition coefficient (Wildman–Crippen LogP) is 1.13. The number of rotatable bonds is 3. The Kier molecular flexibility index (Phi) is 3.22. The lowest BCUT2D eigenvalue weighted by molar-refractivity contribution is -0.120. The van der Waals surface area contributed by atoms with Crippen LogP contribution < -0.4 is 5.32 Å². The van der Waals surface area contributed by atoms with Gasteiger partial charge in [-0.25, -0.2) is 4.98 Å². The van der Waals surface area contributed by atoms with Crippen LogP contribution in [-0.2, 0) is 11.2 Å². The summed E-state index contributed by atoms with van der Waals surface area (Å²) in [5, 5.41) is 5.66. The van der Waals surface area contributed by atoms with Crippen LogP contribution in [-0.4, -0.2) is 17.4 Å². The summed E-state index contributed by atoms with van der Waals surface area (Å²) in [4.78, 5) is 15.3. The highest BCUT2D eigenvalue weighted by atomic mass is 32.1. The molecule has 0 radical (unpaired) electrons. The Balaban J connectivity index is 2.46. The smallest absolute Gasteiger partial charge is 0.226 e. The molecular weight excluding hydrogens is 172 g/mol. The number of hydrogen-bond acceptors (Lipinski definition) is 3. The molecule has 1 rings (SSSR count). The molecule has 0 saturated carbocycles. The van der Waals surface area contributed by atoms with Crippen LogP contribution in [0.5, 0.6) is 0 Å². The van der Waals surface area contributed by atoms with Gasteiger partial charge in [0.2, 0.25) is 5.91 Å². The Morgan fingerprint density at radius 1 is 1.75 bits per heavy atom. The monoisotopic (exact) mass is 184 g/mol. The van der Waals surface area contributed by atoms with Crippen LogP contribution in [0.2, 0.25) is 0 Å². The summed E-state index contributed by atoms with van der Waals surface area (Å²) in [6.07, 6.45) is 0.401. The van der Waals surface area contributed by atoms with Crippen molar-refractivity contribution in [2.75, 3.05) is 6.54 Å². The first-order valence-corrected chi connectivity index (χ1v) is 4.78. The third kappa shape index (κ3) is 2.62. The van der Waals surface area contributed by atoms with Crippen LogP contribution in [0.15, 0.2) is 5.38 Å². The summed E-state index contributed by atoms with van der Waals surface area (Å²) in [6, 6.07) is 0. The highest BCUT2D eigenvalue weighted by molar-refractivity contribution is 7.09. The average molecular weight is 184 g/mol. The summed E-state index contributed by atoms with van der Waals surface area (Å²) in [5.74, 6) is 0.0443. The third-order valence-electron chi connectivity index (χ3n) is 1.38. The summed E-state index contributed by atoms with van der Waals surface area (Å²) in [5.41, 5.74) is 0.864. The zero-order chi connectivity index (χ0) is 8.97. The van der Waals surface area contributed by atoms with Crippen LogP contribution in [0.1, 0.15) is 17.6 Å². The summed E-state index contributed by atoms with van der Waals surface area (Å²) in [7, 11) is 0. The Bertz CT molecular complexity index is 270. The van der Waals surface area contributed by atoms with Crippen LogP contribution >= 0.6 is 11.3 Å². The fourth-order valence-corrected chi connectivity index (χ4v) is 1.53. The van der Waals surface area contributed by atoms with Crippen molar-refractivity contribution < 1.29 is 4.79 Å². The molecule has 4 heteroatoms. The molecule has 0 spiro atoms. The molecule has 0 saturated heterocycles. The van der Waals surface area contributed by atoms with E-state index < -0.39 is 0 Å². The van der Waals surface area contributed by atoms with Gasteiger partial charge in [-0.05, 0) is 13.8 Å². The SMILES string of the molecule is CCNC(=O)Cc1csc(C)n1. The highest BCUT2D eigenvalue weighted by Gasteiger charge is 2.03. The van der Waals surface area contributed by atoms with Crippen molar-refractivity contribution in [2.24, 2.45) is 0 Å². The third-order valence-corrected chi connectivity index (χ3v) is 2.20. The molecule has 0 fully saturated rings. The molecule has 66 valence electrons. The van der Waals surface area contributed by atoms with E-state index in [1.165, 1.54) is 0 Å². The predicted molar refractivity (Wildman–Crippen MR) is 49.2 cm³/mol. The number of aryl methyl sites for hydroxylation is 1. The van der Waals surface area contributed by atoms with Gasteiger partial charge in [0, 0.05) is 11.9 Å². The first-order chi connectivity index (χ1) is 5.72. The summed E-state index contributed by atoms with van der Waals surface area (Å²) in [6.45, 7) is 4.53. The number of thiazole rings is 1. The molecule has 1 amide bonds. The second-order valence-corrected chi connectivity index (χ2v) is 3.55. The van der Waals surface area contributed by atoms with Gasteiger partial charge in [0.1, 0.15) is 0 Å². The van der Waals surface area contributed by atoms with E-state index in [9.17, 15) is 4.79 Å². The molecule has 1 aromatic heterocycles. The maximum atomic E-state index is 11.1. The molecule has 1 N–H and O–H groups in total. The molecule has 0 atom stereocenters. The van der Waals surface area contributed by atoms with Crippen LogP contribution in [0, 0.1) is 6.92 Å². The number of aromatic nitrogens is 1. The average Bonchev–Trinajstić information content (AvgIpc) is 2.36. The molecule has 0 aromatic carbocycles. The number of nitrogens with zero attached hydrogens (tertiary/aromatic N) is 1. The second kappa shape index (κ2) is 4.21. The van der Waals surface area contributed by atoms with Gasteiger partial charge in [0.05, 0.1) is 17.1 Å². The van der Waals surface area contributed by atoms with Crippen molar-refractivity contribution in [2.45, 2.75) is 20.3 Å². The lowest BCUT2D eigenvalue weighted by atomic mass is 10.3. The standard InChI is InChI=1S/C8H12N2OS/c1-3-9-8(11)4-7-5-12-6(2)10-7/h5H,3-4H2,1-2H3,(H,9,11). The second-order valence-electron chi connectivity index (χ2n) is 2.49. The zero-order valence-electron chi connectivity index (χ0n) is 7.26. The largest absolute Gasteiger partial charge is 0.356 e. The number of carbonyl (C=O) groups is 1. The normalized spacial score (nSPS) is 9.83. The van der Waals surface area contributed by atoms with E-state index in [1.807, 2.05) is 19.2 Å². The molecule has 0 unspecified atom stereocenters. The zero-order valence-corrected chi connectivity index (χ0v) is 8.07. The molecular formula is C8H12N2OS. The van der Waals surface area contributed by atoms with E-state index in [2.05, 4.69) is 10.3 Å². The number of carbonyl (C=O) groups excluding carboxylic acids is 1. The fourth-order valence-electron chi connectivity index (χ4n) is 0.914. The molecule has 0 aliphatic carbocycles. The van der Waals surface area contributed by atoms with E-state index in [4.69, 9.17) is 0 Å². The minimum atomic E-state index is 0.0443. The van der Waals surface area contributed by atoms with Crippen molar-refractivity contribution in [3.05, 3.63) is 16.1 Å². The van der Waals surface area contributed by atoms with Gasteiger partial charge in [-0.2, -0.15) is 0 Å². The minimum absolute atomic E-state index is 0.0443. The van der Waals surface area contributed by atoms with Gasteiger partial charge in [-0.1, -0.05) is 0 Å². The van der Waals surface area contributed by atoms with Crippen molar-refractivity contribution >= 4 is 17.2 Å². The molecule has 3 nitrogen and oxygen atoms in total. The molecule has 0 bridgehead atoms. The molecule has 12 heavy (non-hydrogen) atoms. The van der Waals surface area contributed by atoms with Gasteiger partial charge >= 0.3 is 0 Å². The van der Waals surface area contributed by atoms with Crippen LogP contribution in [0.4, 0.5) is 0 Å². The Labute approximate surface area is 75.8 Å². The summed E-state index contributed by atoms with van der Waals surface area (Å²) >= 11 is 1.57. The van der Waals surface area contributed by atoms with Gasteiger partial charge in [-0.3, -0.25) is 4.79 Å². The highest BCUT2D eigenvalue weighted by Crippen LogP contribution is 2.07. The molecule has 1 aromatic rings. The van der Waals surface area contributed by atoms with Crippen molar-refractivity contribution in [3.8, 4) is 0 Å². The maximum Gasteiger partial charge on any atom is 0.226 e. The van der Waals surface area contributed by atoms with Crippen LogP contribution in [0.25, 0.3) is 0 Å². The van der Waals surface area contributed by atoms with Crippen molar-refractivity contribution in [1.82, 2.24) is 10.3 Å². The van der Waals surface area contributed by atoms with Crippen molar-refractivity contribution in [1.29, 1.82) is 0 Å². The Hall–Kier alpha value is -0.900. The van der Waals surface area contributed by atoms with E-state index >= 15 is 0 Å². The minimum Gasteiger partial charge on any atom is -0.356 e. The first-order valence-electron chi connectivity index (χ1n) is 3.90. The maximum absolute atomic E-state index is 11.1. The lowest BCUT2D eigenvalue weighted by Crippen LogP contribution is -2.24. The molecule has 1 heterocycles. The topological polar surface area (TPSA) is 42.0 Å². The van der Waals surface area contributed by atoms with E-state index in [0.29, 0.717) is 13.0 Å². The molecule has 0 aliphatic rings. The number of likely N-dealkylation sites (N-methyl/N-ethyl adjacent to an activating group) is 1. The quantitative estimate of drug-likeness (QED) is 0.765. The van der Waals surface area contributed by atoms with Gasteiger partial charge in [0.25, 0.3) is 0 Å². The van der Waals surface area contributed by atoms with E-state index in [1.54, 1.807) is 11.3 Å². The lowest BCUT2D eigenvalue weighted by Gasteiger charge is -1.97. The first kappa shape index (κ1) is 9.19. The summed E-state index contributed by atoms with van der Waals surface area (Å²) < 4.78 is 0. The van der Waals surface area contributed by atoms with Gasteiger partial charge in [0.15, 0.2) is 0 Å². The Morgan fingerprint density at radius 3 is 3.00 bits per heavy atom. The van der Waals surface area contributed by atoms with E-state index in [0.717, 1.165) is 10.7 Å². The fraction of sp³-hybridized carbons (Fsp3) is 0.500. The number of nitrogens with one attached hydrogen (secondary N) is 1. The van der Waals surface area contributed by atoms with Crippen molar-refractivity contribution in [3.63, 3.8) is 0 Å². The van der Waals surface area contributed by atoms with Crippen LogP contribution in [0.3, 0.4) is 0 Å². The van der Waals surface area contributed by atoms with Gasteiger partial charge < -0.3 is 5.32 Å². The van der Waals surface area contributed by atoms with Gasteiger partial charge in [-0.15, -0.1) is 11.3 Å². The number of amides is 1. The number of hydrogen-bond donors (Lipinski definition) is 1. The molecule has 0 aliphatic heterocycles. The Morgan fingerprint density at radius 2 is 2.50 bits per heavy atom.